The lowest BCUT2D eigenvalue weighted by Gasteiger charge is -2.35. The summed E-state index contributed by atoms with van der Waals surface area (Å²) in [6.45, 7) is 2.05. The summed E-state index contributed by atoms with van der Waals surface area (Å²) in [6, 6.07) is 14.2. The zero-order chi connectivity index (χ0) is 22.3. The molecule has 3 aromatic heterocycles. The lowest BCUT2D eigenvalue weighted by atomic mass is 9.76. The number of aliphatic hydroxyl groups is 1. The number of hydrogen-bond donors (Lipinski definition) is 2. The van der Waals surface area contributed by atoms with Crippen molar-refractivity contribution in [1.29, 1.82) is 0 Å². The van der Waals surface area contributed by atoms with Gasteiger partial charge in [-0.1, -0.05) is 43.3 Å². The van der Waals surface area contributed by atoms with Crippen LogP contribution >= 0.6 is 15.9 Å². The van der Waals surface area contributed by atoms with Crippen LogP contribution in [0.2, 0.25) is 0 Å². The largest absolute Gasteiger partial charge is 0.390 e. The van der Waals surface area contributed by atoms with Crippen LogP contribution < -0.4 is 5.73 Å². The van der Waals surface area contributed by atoms with Crippen molar-refractivity contribution in [2.24, 2.45) is 0 Å². The first kappa shape index (κ1) is 21.1. The Hall–Kier alpha value is -2.77. The normalized spacial score (nSPS) is 21.2. The van der Waals surface area contributed by atoms with Gasteiger partial charge in [0.15, 0.2) is 5.65 Å². The average Bonchev–Trinajstić information content (AvgIpc) is 3.27. The number of aromatic nitrogens is 4. The third kappa shape index (κ3) is 3.69. The predicted molar refractivity (Wildman–Crippen MR) is 130 cm³/mol. The average molecular weight is 492 g/mol. The van der Waals surface area contributed by atoms with Crippen LogP contribution in [0.3, 0.4) is 0 Å². The number of nitrogens with two attached hydrogens (primary N) is 1. The van der Waals surface area contributed by atoms with Gasteiger partial charge in [0.2, 0.25) is 0 Å². The minimum Gasteiger partial charge on any atom is -0.390 e. The van der Waals surface area contributed by atoms with Gasteiger partial charge in [-0.25, -0.2) is 4.98 Å². The molecule has 4 aromatic rings. The van der Waals surface area contributed by atoms with Gasteiger partial charge in [-0.05, 0) is 54.1 Å². The fourth-order valence-electron chi connectivity index (χ4n) is 4.60. The molecule has 32 heavy (non-hydrogen) atoms. The number of anilines is 1. The molecule has 0 saturated heterocycles. The third-order valence-electron chi connectivity index (χ3n) is 6.75. The van der Waals surface area contributed by atoms with Crippen molar-refractivity contribution >= 4 is 27.4 Å². The fraction of sp³-hybridized carbons (Fsp3) is 0.320. The van der Waals surface area contributed by atoms with Crippen molar-refractivity contribution in [2.75, 3.05) is 5.73 Å². The van der Waals surface area contributed by atoms with E-state index in [1.54, 1.807) is 10.7 Å². The Bertz CT molecular complexity index is 1250. The van der Waals surface area contributed by atoms with Crippen LogP contribution in [-0.4, -0.2) is 30.3 Å². The molecule has 0 unspecified atom stereocenters. The highest BCUT2D eigenvalue weighted by molar-refractivity contribution is 9.10. The van der Waals surface area contributed by atoms with E-state index >= 15 is 0 Å². The van der Waals surface area contributed by atoms with Gasteiger partial charge in [0.1, 0.15) is 5.82 Å². The van der Waals surface area contributed by atoms with Crippen molar-refractivity contribution in [2.45, 2.75) is 50.5 Å². The Labute approximate surface area is 195 Å². The first-order chi connectivity index (χ1) is 15.5. The molecule has 5 rings (SSSR count). The van der Waals surface area contributed by atoms with Crippen LogP contribution in [0, 0.1) is 0 Å². The molecular weight excluding hydrogens is 466 g/mol. The molecule has 3 N–H and O–H groups in total. The molecule has 7 heteroatoms. The van der Waals surface area contributed by atoms with E-state index in [-0.39, 0.29) is 5.92 Å². The lowest BCUT2D eigenvalue weighted by Crippen LogP contribution is -2.32. The van der Waals surface area contributed by atoms with Gasteiger partial charge in [-0.3, -0.25) is 4.98 Å². The second-order valence-electron chi connectivity index (χ2n) is 8.64. The first-order valence-electron chi connectivity index (χ1n) is 11.1. The van der Waals surface area contributed by atoms with Crippen LogP contribution in [0.15, 0.2) is 59.3 Å². The van der Waals surface area contributed by atoms with Gasteiger partial charge in [0.25, 0.3) is 0 Å². The Morgan fingerprint density at radius 1 is 1.09 bits per heavy atom. The van der Waals surface area contributed by atoms with E-state index in [0.29, 0.717) is 5.82 Å². The number of nitrogen functional groups attached to an aromatic ring is 1. The minimum absolute atomic E-state index is 0.254. The van der Waals surface area contributed by atoms with E-state index in [4.69, 9.17) is 10.7 Å². The van der Waals surface area contributed by atoms with E-state index in [2.05, 4.69) is 26.0 Å². The Morgan fingerprint density at radius 3 is 2.50 bits per heavy atom. The second kappa shape index (κ2) is 8.30. The maximum absolute atomic E-state index is 10.6. The van der Waals surface area contributed by atoms with Crippen LogP contribution in [0.25, 0.3) is 28.0 Å². The topological polar surface area (TPSA) is 89.3 Å². The summed E-state index contributed by atoms with van der Waals surface area (Å²) >= 11 is 3.66. The lowest BCUT2D eigenvalue weighted by molar-refractivity contribution is -0.00453. The summed E-state index contributed by atoms with van der Waals surface area (Å²) in [7, 11) is 0. The number of nitrogens with zero attached hydrogens (tertiary/aromatic N) is 4. The van der Waals surface area contributed by atoms with Crippen LogP contribution in [-0.2, 0) is 0 Å². The molecule has 1 fully saturated rings. The minimum atomic E-state index is -0.549. The van der Waals surface area contributed by atoms with E-state index in [0.717, 1.165) is 70.3 Å². The van der Waals surface area contributed by atoms with Crippen LogP contribution in [0.1, 0.15) is 50.6 Å². The van der Waals surface area contributed by atoms with E-state index in [1.807, 2.05) is 55.6 Å². The van der Waals surface area contributed by atoms with Gasteiger partial charge in [-0.15, -0.1) is 0 Å². The molecule has 3 heterocycles. The summed E-state index contributed by atoms with van der Waals surface area (Å²) < 4.78 is 2.48. The van der Waals surface area contributed by atoms with Gasteiger partial charge in [-0.2, -0.15) is 9.61 Å². The SMILES string of the molecule is CCC1(O)CCC(c2nc3c(-c4ccc(-c5ccccc5)nc4)cnn3c(N)c2Br)CC1. The number of benzene rings is 1. The van der Waals surface area contributed by atoms with E-state index in [1.165, 1.54) is 0 Å². The molecule has 0 bridgehead atoms. The third-order valence-corrected chi connectivity index (χ3v) is 7.57. The Kier molecular flexibility index (Phi) is 5.47. The Morgan fingerprint density at radius 2 is 1.84 bits per heavy atom. The summed E-state index contributed by atoms with van der Waals surface area (Å²) in [5.74, 6) is 0.797. The summed E-state index contributed by atoms with van der Waals surface area (Å²) in [6.07, 6.45) is 7.79. The molecule has 1 aromatic carbocycles. The zero-order valence-corrected chi connectivity index (χ0v) is 19.6. The van der Waals surface area contributed by atoms with Crippen molar-refractivity contribution in [3.8, 4) is 22.4 Å². The van der Waals surface area contributed by atoms with Crippen molar-refractivity contribution in [3.63, 3.8) is 0 Å². The summed E-state index contributed by atoms with van der Waals surface area (Å²) in [4.78, 5) is 9.67. The smallest absolute Gasteiger partial charge is 0.165 e. The maximum atomic E-state index is 10.6. The number of halogens is 1. The van der Waals surface area contributed by atoms with Crippen LogP contribution in [0.5, 0.6) is 0 Å². The maximum Gasteiger partial charge on any atom is 0.165 e. The fourth-order valence-corrected chi connectivity index (χ4v) is 5.18. The molecule has 0 radical (unpaired) electrons. The second-order valence-corrected chi connectivity index (χ2v) is 9.43. The van der Waals surface area contributed by atoms with Gasteiger partial charge < -0.3 is 10.8 Å². The molecule has 0 spiro atoms. The molecular formula is C25H26BrN5O. The number of fused-ring (bicyclic) bond motifs is 1. The van der Waals surface area contributed by atoms with Gasteiger partial charge in [0.05, 0.1) is 27.7 Å². The molecule has 164 valence electrons. The zero-order valence-electron chi connectivity index (χ0n) is 18.0. The Balaban J connectivity index is 1.52. The highest BCUT2D eigenvalue weighted by atomic mass is 79.9. The van der Waals surface area contributed by atoms with Crippen molar-refractivity contribution < 1.29 is 5.11 Å². The number of rotatable bonds is 4. The standard InChI is InChI=1S/C25H26BrN5O/c1-2-25(32)12-10-17(11-13-25)22-21(26)23(27)31-24(30-22)19(15-29-31)18-8-9-20(28-14-18)16-6-4-3-5-7-16/h3-9,14-15,17,32H,2,10-13,27H2,1H3. The van der Waals surface area contributed by atoms with E-state index < -0.39 is 5.60 Å². The number of pyridine rings is 1. The highest BCUT2D eigenvalue weighted by Crippen LogP contribution is 2.42. The summed E-state index contributed by atoms with van der Waals surface area (Å²) in [5, 5.41) is 15.1. The molecule has 0 atom stereocenters. The van der Waals surface area contributed by atoms with Gasteiger partial charge in [0, 0.05) is 28.8 Å². The molecule has 1 aliphatic carbocycles. The highest BCUT2D eigenvalue weighted by Gasteiger charge is 2.34. The number of hydrogen-bond acceptors (Lipinski definition) is 5. The van der Waals surface area contributed by atoms with Crippen molar-refractivity contribution in [3.05, 3.63) is 65.0 Å². The molecule has 0 amide bonds. The predicted octanol–water partition coefficient (Wildman–Crippen LogP) is 5.60. The molecule has 0 aliphatic heterocycles. The van der Waals surface area contributed by atoms with E-state index in [9.17, 15) is 5.11 Å². The quantitative estimate of drug-likeness (QED) is 0.387. The first-order valence-corrected chi connectivity index (χ1v) is 11.9. The van der Waals surface area contributed by atoms with Crippen molar-refractivity contribution in [1.82, 2.24) is 19.6 Å². The molecule has 1 aliphatic rings. The molecule has 1 saturated carbocycles. The molecule has 6 nitrogen and oxygen atoms in total. The summed E-state index contributed by atoms with van der Waals surface area (Å²) in [5.41, 5.74) is 11.4. The monoisotopic (exact) mass is 491 g/mol. The van der Waals surface area contributed by atoms with Crippen LogP contribution in [0.4, 0.5) is 5.82 Å². The van der Waals surface area contributed by atoms with Gasteiger partial charge >= 0.3 is 0 Å².